The van der Waals surface area contributed by atoms with Gasteiger partial charge in [-0.25, -0.2) is 4.98 Å². The van der Waals surface area contributed by atoms with Crippen LogP contribution in [0.15, 0.2) is 59.6 Å². The van der Waals surface area contributed by atoms with Crippen molar-refractivity contribution in [3.05, 3.63) is 54.7 Å². The maximum Gasteiger partial charge on any atom is 0.128 e. The number of anilines is 1. The molecule has 1 aromatic carbocycles. The number of hydrogen-bond donors (Lipinski definition) is 0. The molecular formula is C18H20N2S. The molecule has 1 aliphatic carbocycles. The molecule has 3 atom stereocenters. The van der Waals surface area contributed by atoms with E-state index < -0.39 is 0 Å². The standard InChI is InChI=1S/C18H20N2S/c1-2-6-16(7-3-1)21-18-14-9-10-15(18)13-20(12-14)17-8-4-5-11-19-17/h1-8,11,14-15,18H,9-10,12-13H2/t14-,15+,18-. The van der Waals surface area contributed by atoms with Gasteiger partial charge < -0.3 is 4.90 Å². The molecule has 108 valence electrons. The van der Waals surface area contributed by atoms with Crippen LogP contribution in [0.1, 0.15) is 12.8 Å². The number of thioether (sulfide) groups is 1. The summed E-state index contributed by atoms with van der Waals surface area (Å²) in [5.74, 6) is 2.75. The van der Waals surface area contributed by atoms with Crippen molar-refractivity contribution in [2.24, 2.45) is 11.8 Å². The van der Waals surface area contributed by atoms with Crippen LogP contribution in [0.4, 0.5) is 5.82 Å². The van der Waals surface area contributed by atoms with Crippen LogP contribution in [0.2, 0.25) is 0 Å². The molecule has 2 aromatic rings. The first-order valence-electron chi connectivity index (χ1n) is 7.78. The normalized spacial score (nSPS) is 27.8. The Morgan fingerprint density at radius 3 is 2.29 bits per heavy atom. The number of rotatable bonds is 3. The quantitative estimate of drug-likeness (QED) is 0.848. The Bertz CT molecular complexity index is 573. The van der Waals surface area contributed by atoms with Crippen molar-refractivity contribution in [1.82, 2.24) is 4.98 Å². The molecule has 0 amide bonds. The Kier molecular flexibility index (Phi) is 3.60. The average molecular weight is 296 g/mol. The highest BCUT2D eigenvalue weighted by Crippen LogP contribution is 2.46. The molecule has 1 saturated carbocycles. The van der Waals surface area contributed by atoms with Gasteiger partial charge in [0.2, 0.25) is 0 Å². The van der Waals surface area contributed by atoms with Gasteiger partial charge in [-0.2, -0.15) is 0 Å². The minimum absolute atomic E-state index is 0.785. The summed E-state index contributed by atoms with van der Waals surface area (Å²) >= 11 is 2.09. The van der Waals surface area contributed by atoms with Crippen molar-refractivity contribution in [3.8, 4) is 0 Å². The summed E-state index contributed by atoms with van der Waals surface area (Å²) in [6.07, 6.45) is 4.65. The fourth-order valence-corrected chi connectivity index (χ4v) is 5.21. The smallest absolute Gasteiger partial charge is 0.128 e. The topological polar surface area (TPSA) is 16.1 Å². The zero-order valence-electron chi connectivity index (χ0n) is 12.1. The molecule has 0 spiro atoms. The van der Waals surface area contributed by atoms with Crippen molar-refractivity contribution in [3.63, 3.8) is 0 Å². The highest BCUT2D eigenvalue weighted by molar-refractivity contribution is 8.00. The largest absolute Gasteiger partial charge is 0.356 e. The Hall–Kier alpha value is -1.48. The van der Waals surface area contributed by atoms with E-state index in [4.69, 9.17) is 0 Å². The van der Waals surface area contributed by atoms with Gasteiger partial charge in [-0.05, 0) is 48.9 Å². The van der Waals surface area contributed by atoms with E-state index in [0.29, 0.717) is 0 Å². The predicted octanol–water partition coefficient (Wildman–Crippen LogP) is 4.09. The fourth-order valence-electron chi connectivity index (χ4n) is 3.75. The molecule has 21 heavy (non-hydrogen) atoms. The molecule has 2 bridgehead atoms. The second-order valence-corrected chi connectivity index (χ2v) is 7.34. The van der Waals surface area contributed by atoms with Crippen molar-refractivity contribution in [2.75, 3.05) is 18.0 Å². The van der Waals surface area contributed by atoms with Gasteiger partial charge in [0.25, 0.3) is 0 Å². The molecular weight excluding hydrogens is 276 g/mol. The number of hydrogen-bond acceptors (Lipinski definition) is 3. The minimum atomic E-state index is 0.785. The lowest BCUT2D eigenvalue weighted by atomic mass is 9.98. The highest BCUT2D eigenvalue weighted by atomic mass is 32.2. The SMILES string of the molecule is c1ccc(S[C@@H]2[C@@H]3CC[C@H]2CN(c2ccccn2)C3)cc1. The molecule has 2 fully saturated rings. The van der Waals surface area contributed by atoms with Crippen LogP contribution in [0, 0.1) is 11.8 Å². The van der Waals surface area contributed by atoms with Gasteiger partial charge in [-0.3, -0.25) is 0 Å². The summed E-state index contributed by atoms with van der Waals surface area (Å²) in [7, 11) is 0. The molecule has 4 rings (SSSR count). The number of fused-ring (bicyclic) bond motifs is 2. The van der Waals surface area contributed by atoms with E-state index in [9.17, 15) is 0 Å². The van der Waals surface area contributed by atoms with E-state index in [-0.39, 0.29) is 0 Å². The maximum absolute atomic E-state index is 4.53. The van der Waals surface area contributed by atoms with Gasteiger partial charge in [-0.15, -0.1) is 11.8 Å². The summed E-state index contributed by atoms with van der Waals surface area (Å²) < 4.78 is 0. The van der Waals surface area contributed by atoms with Gasteiger partial charge >= 0.3 is 0 Å². The van der Waals surface area contributed by atoms with E-state index in [0.717, 1.165) is 36.0 Å². The first-order chi connectivity index (χ1) is 10.4. The van der Waals surface area contributed by atoms with Crippen LogP contribution in [0.5, 0.6) is 0 Å². The van der Waals surface area contributed by atoms with E-state index >= 15 is 0 Å². The lowest BCUT2D eigenvalue weighted by Gasteiger charge is -2.38. The minimum Gasteiger partial charge on any atom is -0.356 e. The summed E-state index contributed by atoms with van der Waals surface area (Å²) in [5.41, 5.74) is 0. The number of pyridine rings is 1. The number of nitrogens with zero attached hydrogens (tertiary/aromatic N) is 2. The Morgan fingerprint density at radius 2 is 1.62 bits per heavy atom. The lowest BCUT2D eigenvalue weighted by molar-refractivity contribution is 0.433. The van der Waals surface area contributed by atoms with E-state index in [1.54, 1.807) is 0 Å². The van der Waals surface area contributed by atoms with Crippen LogP contribution in [-0.2, 0) is 0 Å². The molecule has 0 radical (unpaired) electrons. The molecule has 2 aliphatic rings. The Labute approximate surface area is 130 Å². The summed E-state index contributed by atoms with van der Waals surface area (Å²) in [4.78, 5) is 8.44. The zero-order valence-corrected chi connectivity index (χ0v) is 12.9. The van der Waals surface area contributed by atoms with Gasteiger partial charge in [-0.1, -0.05) is 24.3 Å². The van der Waals surface area contributed by atoms with Crippen molar-refractivity contribution in [2.45, 2.75) is 23.0 Å². The first kappa shape index (κ1) is 13.2. The Balaban J connectivity index is 1.49. The summed E-state index contributed by atoms with van der Waals surface area (Å²) in [5, 5.41) is 0.785. The molecule has 2 heterocycles. The van der Waals surface area contributed by atoms with E-state index in [1.165, 1.54) is 17.7 Å². The second-order valence-electron chi connectivity index (χ2n) is 6.09. The van der Waals surface area contributed by atoms with Gasteiger partial charge in [0.1, 0.15) is 5.82 Å². The van der Waals surface area contributed by atoms with Crippen LogP contribution >= 0.6 is 11.8 Å². The van der Waals surface area contributed by atoms with Crippen LogP contribution < -0.4 is 4.90 Å². The van der Waals surface area contributed by atoms with Gasteiger partial charge in [0.15, 0.2) is 0 Å². The molecule has 0 N–H and O–H groups in total. The molecule has 1 saturated heterocycles. The van der Waals surface area contributed by atoms with Crippen molar-refractivity contribution in [1.29, 1.82) is 0 Å². The van der Waals surface area contributed by atoms with Crippen LogP contribution in [-0.4, -0.2) is 23.3 Å². The summed E-state index contributed by atoms with van der Waals surface area (Å²) in [6.45, 7) is 2.33. The van der Waals surface area contributed by atoms with Crippen LogP contribution in [0.3, 0.4) is 0 Å². The monoisotopic (exact) mass is 296 g/mol. The molecule has 1 aromatic heterocycles. The van der Waals surface area contributed by atoms with Gasteiger partial charge in [0.05, 0.1) is 0 Å². The lowest BCUT2D eigenvalue weighted by Crippen LogP contribution is -2.43. The van der Waals surface area contributed by atoms with Crippen molar-refractivity contribution >= 4 is 17.6 Å². The Morgan fingerprint density at radius 1 is 0.905 bits per heavy atom. The third kappa shape index (κ3) is 2.67. The zero-order chi connectivity index (χ0) is 14.1. The molecule has 0 unspecified atom stereocenters. The third-order valence-corrected chi connectivity index (χ3v) is 6.32. The highest BCUT2D eigenvalue weighted by Gasteiger charge is 2.42. The fraction of sp³-hybridized carbons (Fsp3) is 0.389. The van der Waals surface area contributed by atoms with Gasteiger partial charge in [0, 0.05) is 29.4 Å². The molecule has 1 aliphatic heterocycles. The maximum atomic E-state index is 4.53. The second kappa shape index (κ2) is 5.72. The molecule has 3 heteroatoms. The third-order valence-electron chi connectivity index (χ3n) is 4.74. The number of piperidine rings is 1. The van der Waals surface area contributed by atoms with E-state index in [2.05, 4.69) is 64.1 Å². The molecule has 2 nitrogen and oxygen atoms in total. The van der Waals surface area contributed by atoms with Crippen LogP contribution in [0.25, 0.3) is 0 Å². The number of benzene rings is 1. The number of aromatic nitrogens is 1. The van der Waals surface area contributed by atoms with Crippen molar-refractivity contribution < 1.29 is 0 Å². The van der Waals surface area contributed by atoms with E-state index in [1.807, 2.05) is 12.3 Å². The average Bonchev–Trinajstić information content (AvgIpc) is 2.78. The first-order valence-corrected chi connectivity index (χ1v) is 8.66. The summed E-state index contributed by atoms with van der Waals surface area (Å²) in [6, 6.07) is 17.1. The predicted molar refractivity (Wildman–Crippen MR) is 88.8 cm³/mol.